The zero-order valence-corrected chi connectivity index (χ0v) is 15.4. The summed E-state index contributed by atoms with van der Waals surface area (Å²) in [6.07, 6.45) is 0.940. The van der Waals surface area contributed by atoms with E-state index >= 15 is 0 Å². The Morgan fingerprint density at radius 2 is 2.00 bits per heavy atom. The highest BCUT2D eigenvalue weighted by molar-refractivity contribution is 5.90. The van der Waals surface area contributed by atoms with Gasteiger partial charge in [0, 0.05) is 13.1 Å². The second kappa shape index (κ2) is 7.27. The van der Waals surface area contributed by atoms with Crippen molar-refractivity contribution in [2.45, 2.75) is 45.8 Å². The van der Waals surface area contributed by atoms with Crippen molar-refractivity contribution in [3.8, 4) is 0 Å². The number of carbonyl (C=O) groups is 1. The largest absolute Gasteiger partial charge is 0.333 e. The molecule has 0 spiro atoms. The first-order valence-corrected chi connectivity index (χ1v) is 8.88. The molecule has 2 amide bonds. The molecule has 6 nitrogen and oxygen atoms in total. The number of carbonyl (C=O) groups excluding carboxylic acids is 1. The third-order valence-corrected chi connectivity index (χ3v) is 5.03. The number of nitrogens with one attached hydrogen (secondary N) is 2. The number of anilines is 1. The Kier molecular flexibility index (Phi) is 5.08. The number of aromatic nitrogens is 2. The molecule has 2 heterocycles. The van der Waals surface area contributed by atoms with Gasteiger partial charge in [0.05, 0.1) is 29.2 Å². The van der Waals surface area contributed by atoms with Gasteiger partial charge in [0.15, 0.2) is 0 Å². The molecule has 1 aliphatic rings. The van der Waals surface area contributed by atoms with Crippen molar-refractivity contribution in [2.75, 3.05) is 18.9 Å². The Bertz CT molecular complexity index is 740. The van der Waals surface area contributed by atoms with Gasteiger partial charge in [-0.15, -0.1) is 0 Å². The van der Waals surface area contributed by atoms with E-state index in [9.17, 15) is 4.79 Å². The fourth-order valence-corrected chi connectivity index (χ4v) is 3.74. The molecular formula is C19H27N5O. The van der Waals surface area contributed by atoms with E-state index in [-0.39, 0.29) is 18.1 Å². The highest BCUT2D eigenvalue weighted by Crippen LogP contribution is 2.31. The first-order valence-electron chi connectivity index (χ1n) is 8.88. The fourth-order valence-electron chi connectivity index (χ4n) is 3.74. The van der Waals surface area contributed by atoms with Crippen molar-refractivity contribution in [2.24, 2.45) is 0 Å². The van der Waals surface area contributed by atoms with Crippen molar-refractivity contribution >= 4 is 11.7 Å². The van der Waals surface area contributed by atoms with Gasteiger partial charge >= 0.3 is 6.03 Å². The van der Waals surface area contributed by atoms with Gasteiger partial charge in [-0.1, -0.05) is 30.3 Å². The van der Waals surface area contributed by atoms with Crippen LogP contribution in [0.5, 0.6) is 0 Å². The molecule has 0 saturated carbocycles. The van der Waals surface area contributed by atoms with E-state index in [0.717, 1.165) is 36.6 Å². The molecule has 1 aromatic heterocycles. The number of likely N-dealkylation sites (tertiary alicyclic amines) is 1. The summed E-state index contributed by atoms with van der Waals surface area (Å²) in [4.78, 5) is 14.9. The van der Waals surface area contributed by atoms with E-state index in [2.05, 4.69) is 39.8 Å². The quantitative estimate of drug-likeness (QED) is 0.898. The molecule has 3 rings (SSSR count). The van der Waals surface area contributed by atoms with Gasteiger partial charge in [-0.2, -0.15) is 5.10 Å². The summed E-state index contributed by atoms with van der Waals surface area (Å²) in [6, 6.07) is 10.5. The highest BCUT2D eigenvalue weighted by atomic mass is 16.2. The van der Waals surface area contributed by atoms with Crippen LogP contribution in [0.1, 0.15) is 36.3 Å². The SMILES string of the molecule is CCn1nc(C)c(NC(=O)NC2CCN(C)C2c2ccccc2)c1C. The fraction of sp³-hybridized carbons (Fsp3) is 0.474. The van der Waals surface area contributed by atoms with Gasteiger partial charge < -0.3 is 10.6 Å². The summed E-state index contributed by atoms with van der Waals surface area (Å²) in [5.74, 6) is 0. The predicted molar refractivity (Wildman–Crippen MR) is 99.7 cm³/mol. The Hall–Kier alpha value is -2.34. The summed E-state index contributed by atoms with van der Waals surface area (Å²) in [5, 5.41) is 10.6. The number of aryl methyl sites for hydroxylation is 2. The molecule has 1 aliphatic heterocycles. The van der Waals surface area contributed by atoms with E-state index in [0.29, 0.717) is 0 Å². The summed E-state index contributed by atoms with van der Waals surface area (Å²) in [6.45, 7) is 7.71. The Balaban J connectivity index is 1.71. The van der Waals surface area contributed by atoms with Crippen LogP contribution in [0.25, 0.3) is 0 Å². The van der Waals surface area contributed by atoms with E-state index in [1.54, 1.807) is 0 Å². The maximum Gasteiger partial charge on any atom is 0.319 e. The van der Waals surface area contributed by atoms with Crippen LogP contribution < -0.4 is 10.6 Å². The van der Waals surface area contributed by atoms with Gasteiger partial charge in [-0.05, 0) is 39.8 Å². The molecule has 134 valence electrons. The maximum absolute atomic E-state index is 12.6. The first-order chi connectivity index (χ1) is 12.0. The predicted octanol–water partition coefficient (Wildman–Crippen LogP) is 3.09. The first kappa shape index (κ1) is 17.5. The second-order valence-electron chi connectivity index (χ2n) is 6.69. The van der Waals surface area contributed by atoms with Crippen molar-refractivity contribution in [3.05, 3.63) is 47.3 Å². The third kappa shape index (κ3) is 3.54. The number of hydrogen-bond acceptors (Lipinski definition) is 3. The Labute approximate surface area is 149 Å². The molecule has 0 radical (unpaired) electrons. The van der Waals surface area contributed by atoms with E-state index in [1.165, 1.54) is 5.56 Å². The normalized spacial score (nSPS) is 20.6. The molecule has 0 aliphatic carbocycles. The monoisotopic (exact) mass is 341 g/mol. The molecule has 1 aromatic carbocycles. The van der Waals surface area contributed by atoms with Gasteiger partial charge in [-0.3, -0.25) is 9.58 Å². The van der Waals surface area contributed by atoms with Crippen molar-refractivity contribution in [1.29, 1.82) is 0 Å². The van der Waals surface area contributed by atoms with Crippen LogP contribution in [0.4, 0.5) is 10.5 Å². The number of likely N-dealkylation sites (N-methyl/N-ethyl adjacent to an activating group) is 1. The average Bonchev–Trinajstić information content (AvgIpc) is 3.09. The highest BCUT2D eigenvalue weighted by Gasteiger charge is 2.34. The third-order valence-electron chi connectivity index (χ3n) is 5.03. The van der Waals surface area contributed by atoms with Crippen LogP contribution in [0.2, 0.25) is 0 Å². The van der Waals surface area contributed by atoms with Crippen molar-refractivity contribution in [1.82, 2.24) is 20.0 Å². The van der Waals surface area contributed by atoms with Crippen molar-refractivity contribution in [3.63, 3.8) is 0 Å². The van der Waals surface area contributed by atoms with Crippen molar-refractivity contribution < 1.29 is 4.79 Å². The lowest BCUT2D eigenvalue weighted by Crippen LogP contribution is -2.41. The molecule has 2 atom stereocenters. The zero-order chi connectivity index (χ0) is 18.0. The number of hydrogen-bond donors (Lipinski definition) is 2. The lowest BCUT2D eigenvalue weighted by atomic mass is 10.0. The Morgan fingerprint density at radius 3 is 2.64 bits per heavy atom. The number of urea groups is 1. The molecule has 6 heteroatoms. The molecule has 1 fully saturated rings. The van der Waals surface area contributed by atoms with Crippen LogP contribution in [0.3, 0.4) is 0 Å². The standard InChI is InChI=1S/C19H27N5O/c1-5-24-14(3)17(13(2)22-24)21-19(25)20-16-11-12-23(4)18(16)15-9-7-6-8-10-15/h6-10,16,18H,5,11-12H2,1-4H3,(H2,20,21,25). The van der Waals surface area contributed by atoms with Crippen LogP contribution in [0.15, 0.2) is 30.3 Å². The van der Waals surface area contributed by atoms with E-state index in [1.807, 2.05) is 43.7 Å². The maximum atomic E-state index is 12.6. The minimum absolute atomic E-state index is 0.0919. The van der Waals surface area contributed by atoms with E-state index in [4.69, 9.17) is 0 Å². The number of rotatable bonds is 4. The molecule has 25 heavy (non-hydrogen) atoms. The average molecular weight is 341 g/mol. The lowest BCUT2D eigenvalue weighted by molar-refractivity contribution is 0.240. The molecule has 2 unspecified atom stereocenters. The summed E-state index contributed by atoms with van der Waals surface area (Å²) in [7, 11) is 2.11. The van der Waals surface area contributed by atoms with Crippen LogP contribution in [-0.4, -0.2) is 40.3 Å². The minimum atomic E-state index is -0.164. The van der Waals surface area contributed by atoms with Crippen LogP contribution >= 0.6 is 0 Å². The number of nitrogens with zero attached hydrogens (tertiary/aromatic N) is 3. The molecule has 2 N–H and O–H groups in total. The summed E-state index contributed by atoms with van der Waals surface area (Å²) < 4.78 is 1.90. The lowest BCUT2D eigenvalue weighted by Gasteiger charge is -2.26. The Morgan fingerprint density at radius 1 is 1.28 bits per heavy atom. The number of benzene rings is 1. The smallest absolute Gasteiger partial charge is 0.319 e. The van der Waals surface area contributed by atoms with Gasteiger partial charge in [0.2, 0.25) is 0 Å². The molecule has 0 bridgehead atoms. The zero-order valence-electron chi connectivity index (χ0n) is 15.4. The van der Waals surface area contributed by atoms with Gasteiger partial charge in [0.25, 0.3) is 0 Å². The summed E-state index contributed by atoms with van der Waals surface area (Å²) in [5.41, 5.74) is 3.87. The summed E-state index contributed by atoms with van der Waals surface area (Å²) >= 11 is 0. The topological polar surface area (TPSA) is 62.2 Å². The van der Waals surface area contributed by atoms with Crippen LogP contribution in [0, 0.1) is 13.8 Å². The minimum Gasteiger partial charge on any atom is -0.333 e. The van der Waals surface area contributed by atoms with Gasteiger partial charge in [0.1, 0.15) is 0 Å². The molecular weight excluding hydrogens is 314 g/mol. The molecule has 1 saturated heterocycles. The van der Waals surface area contributed by atoms with Gasteiger partial charge in [-0.25, -0.2) is 4.79 Å². The van der Waals surface area contributed by atoms with E-state index < -0.39 is 0 Å². The van der Waals surface area contributed by atoms with Crippen LogP contribution in [-0.2, 0) is 6.54 Å². The number of amides is 2. The molecule has 2 aromatic rings. The second-order valence-corrected chi connectivity index (χ2v) is 6.69.